The van der Waals surface area contributed by atoms with E-state index < -0.39 is 30.2 Å². The fraction of sp³-hybridized carbons (Fsp3) is 0.263. The van der Waals surface area contributed by atoms with Crippen molar-refractivity contribution in [1.29, 1.82) is 0 Å². The maximum Gasteiger partial charge on any atom is 0.305 e. The molecule has 0 aliphatic rings. The summed E-state index contributed by atoms with van der Waals surface area (Å²) in [6.07, 6.45) is -0.505. The summed E-state index contributed by atoms with van der Waals surface area (Å²) in [5, 5.41) is 11.7. The molecule has 0 heterocycles. The molecule has 1 amide bonds. The summed E-state index contributed by atoms with van der Waals surface area (Å²) in [5.74, 6) is -1.34. The standard InChI is InChI=1S/C19H19ClFNO5/c1-26-16-4-3-5-17(27-2)12(16)9-18(23)22-15(10-19(24)25)11-6-7-13(20)14(21)8-11/h3-8,15H,9-10H2,1-2H3,(H,22,23)(H,24,25). The molecule has 2 rings (SSSR count). The SMILES string of the molecule is COc1cccc(OC)c1CC(=O)NC(CC(=O)O)c1ccc(Cl)c(F)c1. The minimum absolute atomic E-state index is 0.0853. The van der Waals surface area contributed by atoms with Gasteiger partial charge in [-0.25, -0.2) is 4.39 Å². The van der Waals surface area contributed by atoms with E-state index in [1.165, 1.54) is 26.4 Å². The summed E-state index contributed by atoms with van der Waals surface area (Å²) in [4.78, 5) is 23.7. The molecule has 0 aliphatic heterocycles. The van der Waals surface area contributed by atoms with Gasteiger partial charge in [0.1, 0.15) is 17.3 Å². The van der Waals surface area contributed by atoms with E-state index in [-0.39, 0.29) is 11.4 Å². The summed E-state index contributed by atoms with van der Waals surface area (Å²) in [5.41, 5.74) is 0.830. The van der Waals surface area contributed by atoms with Gasteiger partial charge in [-0.15, -0.1) is 0 Å². The average Bonchev–Trinajstić information content (AvgIpc) is 2.63. The lowest BCUT2D eigenvalue weighted by Gasteiger charge is -2.19. The second kappa shape index (κ2) is 9.23. The quantitative estimate of drug-likeness (QED) is 0.715. The van der Waals surface area contributed by atoms with E-state index in [1.54, 1.807) is 18.2 Å². The molecule has 0 saturated carbocycles. The molecule has 0 aromatic heterocycles. The van der Waals surface area contributed by atoms with Crippen molar-refractivity contribution in [3.63, 3.8) is 0 Å². The Morgan fingerprint density at radius 2 is 1.81 bits per heavy atom. The summed E-state index contributed by atoms with van der Waals surface area (Å²) in [6.45, 7) is 0. The van der Waals surface area contributed by atoms with Crippen LogP contribution in [-0.4, -0.2) is 31.2 Å². The number of halogens is 2. The Labute approximate surface area is 160 Å². The van der Waals surface area contributed by atoms with Gasteiger partial charge in [-0.2, -0.15) is 0 Å². The van der Waals surface area contributed by atoms with Gasteiger partial charge in [0.15, 0.2) is 0 Å². The highest BCUT2D eigenvalue weighted by atomic mass is 35.5. The summed E-state index contributed by atoms with van der Waals surface area (Å²) in [7, 11) is 2.94. The topological polar surface area (TPSA) is 84.9 Å². The molecule has 2 aromatic rings. The van der Waals surface area contributed by atoms with Crippen molar-refractivity contribution in [1.82, 2.24) is 5.32 Å². The minimum atomic E-state index is -1.13. The first kappa shape index (κ1) is 20.5. The predicted molar refractivity (Wildman–Crippen MR) is 97.8 cm³/mol. The first-order valence-electron chi connectivity index (χ1n) is 8.01. The number of carboxylic acid groups (broad SMARTS) is 1. The Morgan fingerprint density at radius 3 is 2.33 bits per heavy atom. The van der Waals surface area contributed by atoms with E-state index in [2.05, 4.69) is 5.32 Å². The van der Waals surface area contributed by atoms with E-state index in [9.17, 15) is 14.0 Å². The molecule has 0 radical (unpaired) electrons. The summed E-state index contributed by atoms with van der Waals surface area (Å²) >= 11 is 5.66. The number of methoxy groups -OCH3 is 2. The number of carboxylic acids is 1. The van der Waals surface area contributed by atoms with Gasteiger partial charge in [0.2, 0.25) is 5.91 Å². The maximum absolute atomic E-state index is 13.7. The van der Waals surface area contributed by atoms with Crippen LogP contribution in [0.25, 0.3) is 0 Å². The van der Waals surface area contributed by atoms with Crippen molar-refractivity contribution in [2.24, 2.45) is 0 Å². The van der Waals surface area contributed by atoms with Gasteiger partial charge in [0.05, 0.1) is 38.1 Å². The van der Waals surface area contributed by atoms with Crippen molar-refractivity contribution in [3.05, 3.63) is 58.4 Å². The van der Waals surface area contributed by atoms with Crippen LogP contribution in [-0.2, 0) is 16.0 Å². The first-order valence-corrected chi connectivity index (χ1v) is 8.39. The molecule has 0 aliphatic carbocycles. The number of hydrogen-bond donors (Lipinski definition) is 2. The molecule has 6 nitrogen and oxygen atoms in total. The third-order valence-corrected chi connectivity index (χ3v) is 4.23. The lowest BCUT2D eigenvalue weighted by atomic mass is 10.0. The summed E-state index contributed by atoms with van der Waals surface area (Å²) < 4.78 is 24.2. The molecule has 0 spiro atoms. The van der Waals surface area contributed by atoms with Gasteiger partial charge in [-0.3, -0.25) is 9.59 Å². The molecule has 144 valence electrons. The smallest absolute Gasteiger partial charge is 0.305 e. The zero-order valence-corrected chi connectivity index (χ0v) is 15.5. The Balaban J connectivity index is 2.24. The highest BCUT2D eigenvalue weighted by molar-refractivity contribution is 6.30. The molecule has 8 heteroatoms. The number of amides is 1. The van der Waals surface area contributed by atoms with E-state index in [0.717, 1.165) is 6.07 Å². The Kier molecular flexibility index (Phi) is 7.01. The van der Waals surface area contributed by atoms with Crippen molar-refractivity contribution >= 4 is 23.5 Å². The second-order valence-corrected chi connectivity index (χ2v) is 6.12. The molecule has 2 aromatic carbocycles. The number of ether oxygens (including phenoxy) is 2. The van der Waals surface area contributed by atoms with Crippen LogP contribution in [0.5, 0.6) is 11.5 Å². The first-order chi connectivity index (χ1) is 12.8. The van der Waals surface area contributed by atoms with Gasteiger partial charge < -0.3 is 19.9 Å². The highest BCUT2D eigenvalue weighted by Gasteiger charge is 2.21. The normalized spacial score (nSPS) is 11.6. The zero-order chi connectivity index (χ0) is 20.0. The van der Waals surface area contributed by atoms with Gasteiger partial charge >= 0.3 is 5.97 Å². The molecule has 2 N–H and O–H groups in total. The molecular formula is C19H19ClFNO5. The van der Waals surface area contributed by atoms with Gasteiger partial charge in [-0.1, -0.05) is 23.7 Å². The van der Waals surface area contributed by atoms with Gasteiger partial charge in [0, 0.05) is 5.56 Å². The van der Waals surface area contributed by atoms with E-state index >= 15 is 0 Å². The monoisotopic (exact) mass is 395 g/mol. The van der Waals surface area contributed by atoms with Crippen LogP contribution < -0.4 is 14.8 Å². The highest BCUT2D eigenvalue weighted by Crippen LogP contribution is 2.29. The number of carbonyl (C=O) groups excluding carboxylic acids is 1. The number of hydrogen-bond acceptors (Lipinski definition) is 4. The summed E-state index contributed by atoms with van der Waals surface area (Å²) in [6, 6.07) is 8.09. The molecule has 27 heavy (non-hydrogen) atoms. The van der Waals surface area contributed by atoms with Crippen molar-refractivity contribution in [2.45, 2.75) is 18.9 Å². The fourth-order valence-electron chi connectivity index (χ4n) is 2.66. The minimum Gasteiger partial charge on any atom is -0.496 e. The van der Waals surface area contributed by atoms with Crippen LogP contribution in [0.15, 0.2) is 36.4 Å². The van der Waals surface area contributed by atoms with Gasteiger partial charge in [0.25, 0.3) is 0 Å². The van der Waals surface area contributed by atoms with Crippen molar-refractivity contribution in [3.8, 4) is 11.5 Å². The number of nitrogens with one attached hydrogen (secondary N) is 1. The van der Waals surface area contributed by atoms with Gasteiger partial charge in [-0.05, 0) is 29.8 Å². The molecule has 1 unspecified atom stereocenters. The number of aliphatic carboxylic acids is 1. The fourth-order valence-corrected chi connectivity index (χ4v) is 2.78. The van der Waals surface area contributed by atoms with Crippen LogP contribution >= 0.6 is 11.6 Å². The van der Waals surface area contributed by atoms with E-state index in [4.69, 9.17) is 26.2 Å². The lowest BCUT2D eigenvalue weighted by Crippen LogP contribution is -2.31. The van der Waals surface area contributed by atoms with Crippen molar-refractivity contribution < 1.29 is 28.6 Å². The lowest BCUT2D eigenvalue weighted by molar-refractivity contribution is -0.137. The number of benzene rings is 2. The average molecular weight is 396 g/mol. The van der Waals surface area contributed by atoms with E-state index in [1.807, 2.05) is 0 Å². The molecule has 1 atom stereocenters. The second-order valence-electron chi connectivity index (χ2n) is 5.71. The molecule has 0 saturated heterocycles. The van der Waals surface area contributed by atoms with Crippen LogP contribution in [0.2, 0.25) is 5.02 Å². The van der Waals surface area contributed by atoms with Crippen LogP contribution in [0, 0.1) is 5.82 Å². The van der Waals surface area contributed by atoms with E-state index in [0.29, 0.717) is 22.6 Å². The molecule has 0 bridgehead atoms. The zero-order valence-electron chi connectivity index (χ0n) is 14.8. The molecular weight excluding hydrogens is 377 g/mol. The largest absolute Gasteiger partial charge is 0.496 e. The van der Waals surface area contributed by atoms with Crippen molar-refractivity contribution in [2.75, 3.05) is 14.2 Å². The third kappa shape index (κ3) is 5.34. The number of rotatable bonds is 8. The van der Waals surface area contributed by atoms with Crippen LogP contribution in [0.1, 0.15) is 23.6 Å². The number of carbonyl (C=O) groups is 2. The third-order valence-electron chi connectivity index (χ3n) is 3.93. The van der Waals surface area contributed by atoms with Crippen LogP contribution in [0.3, 0.4) is 0 Å². The molecule has 0 fully saturated rings. The Morgan fingerprint density at radius 1 is 1.19 bits per heavy atom. The Bertz CT molecular complexity index is 821. The predicted octanol–water partition coefficient (Wildman–Crippen LogP) is 3.37. The van der Waals surface area contributed by atoms with Crippen LogP contribution in [0.4, 0.5) is 4.39 Å². The Hall–Kier alpha value is -2.80. The maximum atomic E-state index is 13.7.